The molecule has 0 saturated carbocycles. The number of aliphatic hydroxyl groups excluding tert-OH is 1. The summed E-state index contributed by atoms with van der Waals surface area (Å²) in [7, 11) is 0. The van der Waals surface area contributed by atoms with Crippen molar-refractivity contribution in [1.82, 2.24) is 10.1 Å². The second kappa shape index (κ2) is 6.94. The third-order valence-corrected chi connectivity index (χ3v) is 4.60. The molecule has 4 nitrogen and oxygen atoms in total. The Hall–Kier alpha value is -0.850. The molecule has 0 aliphatic heterocycles. The third kappa shape index (κ3) is 5.13. The summed E-state index contributed by atoms with van der Waals surface area (Å²) < 4.78 is 6.26. The van der Waals surface area contributed by atoms with Gasteiger partial charge in [-0.2, -0.15) is 4.98 Å². The second-order valence-corrected chi connectivity index (χ2v) is 7.90. The Balaban J connectivity index is 1.90. The maximum atomic E-state index is 10.0. The number of hydrogen-bond acceptors (Lipinski definition) is 5. The second-order valence-electron chi connectivity index (χ2n) is 5.93. The van der Waals surface area contributed by atoms with Crippen LogP contribution in [0.3, 0.4) is 0 Å². The van der Waals surface area contributed by atoms with Crippen molar-refractivity contribution in [1.29, 1.82) is 0 Å². The van der Waals surface area contributed by atoms with E-state index in [2.05, 4.69) is 26.1 Å². The zero-order chi connectivity index (χ0) is 15.5. The molecule has 1 aromatic heterocycles. The van der Waals surface area contributed by atoms with Crippen molar-refractivity contribution in [2.75, 3.05) is 0 Å². The molecule has 0 radical (unpaired) electrons. The summed E-state index contributed by atoms with van der Waals surface area (Å²) in [5.41, 5.74) is -0.194. The number of thioether (sulfide) groups is 1. The molecular weight excluding hydrogens is 352 g/mol. The largest absolute Gasteiger partial charge is 0.392 e. The van der Waals surface area contributed by atoms with Gasteiger partial charge in [0.15, 0.2) is 5.82 Å². The molecule has 2 rings (SSSR count). The van der Waals surface area contributed by atoms with Crippen molar-refractivity contribution in [3.8, 4) is 0 Å². The van der Waals surface area contributed by atoms with Crippen LogP contribution in [-0.2, 0) is 12.2 Å². The van der Waals surface area contributed by atoms with Crippen LogP contribution in [-0.4, -0.2) is 21.4 Å². The highest BCUT2D eigenvalue weighted by molar-refractivity contribution is 9.10. The van der Waals surface area contributed by atoms with Crippen LogP contribution in [0.15, 0.2) is 38.2 Å². The van der Waals surface area contributed by atoms with Gasteiger partial charge in [0.1, 0.15) is 0 Å². The lowest BCUT2D eigenvalue weighted by atomic mass is 9.87. The normalized spacial score (nSPS) is 13.4. The highest BCUT2D eigenvalue weighted by Gasteiger charge is 2.24. The molecule has 0 spiro atoms. The minimum Gasteiger partial charge on any atom is -0.392 e. The fraction of sp³-hybridized carbons (Fsp3) is 0.467. The van der Waals surface area contributed by atoms with Crippen LogP contribution in [0.25, 0.3) is 0 Å². The molecule has 0 aliphatic rings. The van der Waals surface area contributed by atoms with Gasteiger partial charge in [0.05, 0.1) is 18.3 Å². The van der Waals surface area contributed by atoms with Crippen molar-refractivity contribution in [3.63, 3.8) is 0 Å². The van der Waals surface area contributed by atoms with Crippen LogP contribution < -0.4 is 0 Å². The van der Waals surface area contributed by atoms with E-state index in [-0.39, 0.29) is 5.41 Å². The Morgan fingerprint density at radius 3 is 2.57 bits per heavy atom. The molecule has 0 bridgehead atoms. The molecular formula is C15H19BrN2O2S. The summed E-state index contributed by atoms with van der Waals surface area (Å²) in [5.74, 6) is 1.79. The monoisotopic (exact) mass is 370 g/mol. The zero-order valence-electron chi connectivity index (χ0n) is 12.3. The molecule has 1 N–H and O–H groups in total. The SMILES string of the molecule is CC(C)(C)C(O)Cc1nc(CSc2ccc(Br)cc2)no1. The summed E-state index contributed by atoms with van der Waals surface area (Å²) in [6.45, 7) is 5.95. The lowest BCUT2D eigenvalue weighted by molar-refractivity contribution is 0.0565. The van der Waals surface area contributed by atoms with Crippen LogP contribution in [0.2, 0.25) is 0 Å². The summed E-state index contributed by atoms with van der Waals surface area (Å²) >= 11 is 5.06. The maximum Gasteiger partial charge on any atom is 0.229 e. The topological polar surface area (TPSA) is 59.2 Å². The van der Waals surface area contributed by atoms with Crippen LogP contribution >= 0.6 is 27.7 Å². The van der Waals surface area contributed by atoms with Crippen molar-refractivity contribution in [2.24, 2.45) is 5.41 Å². The van der Waals surface area contributed by atoms with E-state index in [1.165, 1.54) is 0 Å². The van der Waals surface area contributed by atoms with E-state index in [9.17, 15) is 5.11 Å². The molecule has 0 fully saturated rings. The first-order chi connectivity index (χ1) is 9.84. The van der Waals surface area contributed by atoms with Gasteiger partial charge in [0, 0.05) is 9.37 Å². The number of halogens is 1. The van der Waals surface area contributed by atoms with Gasteiger partial charge < -0.3 is 9.63 Å². The van der Waals surface area contributed by atoms with Crippen molar-refractivity contribution in [2.45, 2.75) is 43.9 Å². The molecule has 6 heteroatoms. The third-order valence-electron chi connectivity index (χ3n) is 3.06. The molecule has 1 aromatic carbocycles. The van der Waals surface area contributed by atoms with Gasteiger partial charge in [0.2, 0.25) is 5.89 Å². The minimum atomic E-state index is -0.495. The van der Waals surface area contributed by atoms with Crippen LogP contribution in [0.1, 0.15) is 32.5 Å². The van der Waals surface area contributed by atoms with Gasteiger partial charge in [-0.1, -0.05) is 41.9 Å². The molecule has 0 aliphatic carbocycles. The standard InChI is InChI=1S/C15H19BrN2O2S/c1-15(2,3)12(19)8-14-17-13(18-20-14)9-21-11-6-4-10(16)5-7-11/h4-7,12,19H,8-9H2,1-3H3. The molecule has 0 amide bonds. The summed E-state index contributed by atoms with van der Waals surface area (Å²) in [6.07, 6.45) is -0.107. The first-order valence-electron chi connectivity index (χ1n) is 6.72. The Kier molecular flexibility index (Phi) is 5.46. The van der Waals surface area contributed by atoms with Crippen molar-refractivity contribution >= 4 is 27.7 Å². The Morgan fingerprint density at radius 2 is 1.95 bits per heavy atom. The number of hydrogen-bond donors (Lipinski definition) is 1. The van der Waals surface area contributed by atoms with E-state index in [1.807, 2.05) is 45.0 Å². The van der Waals surface area contributed by atoms with Gasteiger partial charge in [-0.05, 0) is 29.7 Å². The smallest absolute Gasteiger partial charge is 0.229 e. The average molecular weight is 371 g/mol. The molecule has 1 atom stereocenters. The first-order valence-corrected chi connectivity index (χ1v) is 8.50. The van der Waals surface area contributed by atoms with E-state index in [1.54, 1.807) is 11.8 Å². The van der Waals surface area contributed by atoms with Gasteiger partial charge in [-0.3, -0.25) is 0 Å². The van der Waals surface area contributed by atoms with Gasteiger partial charge in [0.25, 0.3) is 0 Å². The van der Waals surface area contributed by atoms with E-state index < -0.39 is 6.10 Å². The lowest BCUT2D eigenvalue weighted by Gasteiger charge is -2.24. The molecule has 1 unspecified atom stereocenters. The highest BCUT2D eigenvalue weighted by Crippen LogP contribution is 2.24. The number of aliphatic hydroxyl groups is 1. The highest BCUT2D eigenvalue weighted by atomic mass is 79.9. The number of benzene rings is 1. The van der Waals surface area contributed by atoms with E-state index in [0.29, 0.717) is 23.9 Å². The van der Waals surface area contributed by atoms with Crippen LogP contribution in [0.5, 0.6) is 0 Å². The Labute approximate surface area is 137 Å². The first kappa shape index (κ1) is 16.5. The molecule has 0 saturated heterocycles. The summed E-state index contributed by atoms with van der Waals surface area (Å²) in [4.78, 5) is 5.48. The van der Waals surface area contributed by atoms with E-state index in [4.69, 9.17) is 4.52 Å². The molecule has 114 valence electrons. The van der Waals surface area contributed by atoms with Crippen LogP contribution in [0, 0.1) is 5.41 Å². The summed E-state index contributed by atoms with van der Waals surface area (Å²) in [6, 6.07) is 8.09. The quantitative estimate of drug-likeness (QED) is 0.803. The molecule has 2 aromatic rings. The van der Waals surface area contributed by atoms with Gasteiger partial charge in [-0.25, -0.2) is 0 Å². The fourth-order valence-corrected chi connectivity index (χ4v) is 2.59. The van der Waals surface area contributed by atoms with Crippen molar-refractivity contribution in [3.05, 3.63) is 40.5 Å². The lowest BCUT2D eigenvalue weighted by Crippen LogP contribution is -2.28. The van der Waals surface area contributed by atoms with E-state index >= 15 is 0 Å². The van der Waals surface area contributed by atoms with Gasteiger partial charge in [-0.15, -0.1) is 11.8 Å². The summed E-state index contributed by atoms with van der Waals surface area (Å²) in [5, 5.41) is 14.0. The molecule has 1 heterocycles. The average Bonchev–Trinajstić information content (AvgIpc) is 2.85. The predicted molar refractivity (Wildman–Crippen MR) is 87.2 cm³/mol. The number of rotatable bonds is 5. The van der Waals surface area contributed by atoms with Crippen molar-refractivity contribution < 1.29 is 9.63 Å². The Morgan fingerprint density at radius 1 is 1.29 bits per heavy atom. The van der Waals surface area contributed by atoms with E-state index in [0.717, 1.165) is 9.37 Å². The predicted octanol–water partition coefficient (Wildman–Crippen LogP) is 4.07. The number of nitrogens with zero attached hydrogens (tertiary/aromatic N) is 2. The van der Waals surface area contributed by atoms with Crippen LogP contribution in [0.4, 0.5) is 0 Å². The van der Waals surface area contributed by atoms with Gasteiger partial charge >= 0.3 is 0 Å². The maximum absolute atomic E-state index is 10.0. The fourth-order valence-electron chi connectivity index (χ4n) is 1.58. The zero-order valence-corrected chi connectivity index (χ0v) is 14.7. The number of aromatic nitrogens is 2. The minimum absolute atomic E-state index is 0.194. The molecule has 21 heavy (non-hydrogen) atoms. The Bertz CT molecular complexity index is 578.